The number of carbonyl (C=O) groups is 1. The van der Waals surface area contributed by atoms with Crippen molar-refractivity contribution in [3.63, 3.8) is 0 Å². The summed E-state index contributed by atoms with van der Waals surface area (Å²) in [4.78, 5) is 18.8. The summed E-state index contributed by atoms with van der Waals surface area (Å²) in [5, 5.41) is 7.13. The largest absolute Gasteiger partial charge is 0.351 e. The highest BCUT2D eigenvalue weighted by Gasteiger charge is 2.42. The van der Waals surface area contributed by atoms with Gasteiger partial charge in [0.2, 0.25) is 5.91 Å². The summed E-state index contributed by atoms with van der Waals surface area (Å²) in [5.74, 6) is -0.00649. The molecule has 6 nitrogen and oxygen atoms in total. The molecule has 7 heteroatoms. The van der Waals surface area contributed by atoms with Crippen LogP contribution < -0.4 is 15.5 Å². The molecule has 0 bridgehead atoms. The molecule has 2 atom stereocenters. The van der Waals surface area contributed by atoms with E-state index < -0.39 is 0 Å². The van der Waals surface area contributed by atoms with Crippen LogP contribution in [0.4, 0.5) is 11.4 Å². The first-order chi connectivity index (χ1) is 17.1. The van der Waals surface area contributed by atoms with Gasteiger partial charge in [-0.3, -0.25) is 9.78 Å². The first kappa shape index (κ1) is 22.8. The highest BCUT2D eigenvalue weighted by molar-refractivity contribution is 7.80. The maximum atomic E-state index is 11.9. The van der Waals surface area contributed by atoms with Crippen molar-refractivity contribution in [2.24, 2.45) is 0 Å². The first-order valence-corrected chi connectivity index (χ1v) is 12.1. The lowest BCUT2D eigenvalue weighted by Gasteiger charge is -2.29. The predicted molar refractivity (Wildman–Crippen MR) is 144 cm³/mol. The molecule has 0 aliphatic carbocycles. The van der Waals surface area contributed by atoms with Crippen LogP contribution in [0.5, 0.6) is 0 Å². The number of nitrogens with one attached hydrogen (secondary N) is 2. The molecule has 0 radical (unpaired) electrons. The summed E-state index contributed by atoms with van der Waals surface area (Å²) in [5.41, 5.74) is 5.85. The molecule has 35 heavy (non-hydrogen) atoms. The Hall–Kier alpha value is -3.97. The van der Waals surface area contributed by atoms with Gasteiger partial charge >= 0.3 is 0 Å². The van der Waals surface area contributed by atoms with Crippen molar-refractivity contribution in [2.75, 3.05) is 10.2 Å². The fourth-order valence-electron chi connectivity index (χ4n) is 4.57. The molecule has 2 N–H and O–H groups in total. The second-order valence-electron chi connectivity index (χ2n) is 8.54. The van der Waals surface area contributed by atoms with Crippen molar-refractivity contribution in [3.05, 3.63) is 108 Å². The molecule has 3 heterocycles. The van der Waals surface area contributed by atoms with Gasteiger partial charge in [-0.2, -0.15) is 0 Å². The number of aryl methyl sites for hydroxylation is 1. The van der Waals surface area contributed by atoms with Crippen LogP contribution in [0.1, 0.15) is 42.4 Å². The Morgan fingerprint density at radius 1 is 1.03 bits per heavy atom. The fourth-order valence-corrected chi connectivity index (χ4v) is 4.91. The molecule has 1 fully saturated rings. The number of thiocarbonyl (C=S) groups is 1. The monoisotopic (exact) mass is 481 g/mol. The number of hydrogen-bond donors (Lipinski definition) is 2. The zero-order valence-electron chi connectivity index (χ0n) is 19.7. The number of amides is 1. The van der Waals surface area contributed by atoms with E-state index in [-0.39, 0.29) is 18.0 Å². The predicted octanol–water partition coefficient (Wildman–Crippen LogP) is 5.71. The topological polar surface area (TPSA) is 62.2 Å². The van der Waals surface area contributed by atoms with Crippen molar-refractivity contribution < 1.29 is 4.79 Å². The molecule has 1 aliphatic rings. The van der Waals surface area contributed by atoms with E-state index in [1.165, 1.54) is 0 Å². The van der Waals surface area contributed by atoms with E-state index in [0.29, 0.717) is 11.5 Å². The van der Waals surface area contributed by atoms with Crippen LogP contribution in [0.2, 0.25) is 0 Å². The van der Waals surface area contributed by atoms with E-state index in [1.54, 1.807) is 0 Å². The van der Waals surface area contributed by atoms with E-state index in [9.17, 15) is 4.79 Å². The smallest absolute Gasteiger partial charge is 0.224 e. The number of benzene rings is 2. The van der Waals surface area contributed by atoms with Crippen LogP contribution in [0, 0.1) is 6.92 Å². The third kappa shape index (κ3) is 4.42. The average Bonchev–Trinajstić information content (AvgIpc) is 3.50. The van der Waals surface area contributed by atoms with E-state index in [2.05, 4.69) is 61.6 Å². The summed E-state index contributed by atoms with van der Waals surface area (Å²) in [6.45, 7) is 3.84. The van der Waals surface area contributed by atoms with Gasteiger partial charge < -0.3 is 20.1 Å². The first-order valence-electron chi connectivity index (χ1n) is 11.7. The van der Waals surface area contributed by atoms with Gasteiger partial charge in [-0.25, -0.2) is 0 Å². The van der Waals surface area contributed by atoms with Crippen molar-refractivity contribution in [1.82, 2.24) is 14.9 Å². The molecule has 2 aromatic carbocycles. The van der Waals surface area contributed by atoms with E-state index in [0.717, 1.165) is 34.0 Å². The minimum absolute atomic E-state index is 0.00649. The number of nitrogens with zero attached hydrogens (tertiary/aromatic N) is 3. The number of para-hydroxylation sites is 1. The van der Waals surface area contributed by atoms with Crippen molar-refractivity contribution in [3.8, 4) is 5.69 Å². The Bertz CT molecular complexity index is 1350. The fraction of sp³-hybridized carbons (Fsp3) is 0.179. The lowest BCUT2D eigenvalue weighted by atomic mass is 10.00. The van der Waals surface area contributed by atoms with E-state index in [1.807, 2.05) is 68.6 Å². The van der Waals surface area contributed by atoms with Crippen LogP contribution in [0.25, 0.3) is 5.69 Å². The van der Waals surface area contributed by atoms with Crippen molar-refractivity contribution >= 4 is 34.6 Å². The van der Waals surface area contributed by atoms with Crippen molar-refractivity contribution in [2.45, 2.75) is 32.4 Å². The second-order valence-corrected chi connectivity index (χ2v) is 8.92. The molecule has 0 saturated carbocycles. The molecule has 0 spiro atoms. The minimum Gasteiger partial charge on any atom is -0.351 e. The summed E-state index contributed by atoms with van der Waals surface area (Å²) in [7, 11) is 0. The molecule has 2 aromatic heterocycles. The zero-order chi connectivity index (χ0) is 24.4. The molecular formula is C28H27N5OS. The molecule has 1 amide bonds. The van der Waals surface area contributed by atoms with E-state index >= 15 is 0 Å². The van der Waals surface area contributed by atoms with Crippen LogP contribution >= 0.6 is 12.2 Å². The number of hydrogen-bond acceptors (Lipinski definition) is 3. The van der Waals surface area contributed by atoms with Gasteiger partial charge in [0, 0.05) is 41.6 Å². The van der Waals surface area contributed by atoms with Gasteiger partial charge in [0.25, 0.3) is 0 Å². The van der Waals surface area contributed by atoms with E-state index in [4.69, 9.17) is 12.2 Å². The number of pyridine rings is 1. The molecule has 1 aliphatic heterocycles. The van der Waals surface area contributed by atoms with Gasteiger partial charge in [0.15, 0.2) is 5.11 Å². The Balaban J connectivity index is 1.61. The third-order valence-electron chi connectivity index (χ3n) is 6.30. The number of carbonyl (C=O) groups excluding carboxylic acids is 1. The Morgan fingerprint density at radius 2 is 1.83 bits per heavy atom. The van der Waals surface area contributed by atoms with Gasteiger partial charge in [-0.15, -0.1) is 0 Å². The summed E-state index contributed by atoms with van der Waals surface area (Å²) in [6.07, 6.45) is 4.32. The maximum Gasteiger partial charge on any atom is 0.224 e. The minimum atomic E-state index is -0.138. The van der Waals surface area contributed by atoms with Gasteiger partial charge in [-0.05, 0) is 79.3 Å². The number of rotatable bonds is 6. The lowest BCUT2D eigenvalue weighted by molar-refractivity contribution is -0.115. The highest BCUT2D eigenvalue weighted by Crippen LogP contribution is 2.42. The van der Waals surface area contributed by atoms with Crippen LogP contribution in [0.3, 0.4) is 0 Å². The lowest BCUT2D eigenvalue weighted by Crippen LogP contribution is -2.30. The number of anilines is 2. The molecule has 5 rings (SSSR count). The maximum absolute atomic E-state index is 11.9. The third-order valence-corrected chi connectivity index (χ3v) is 6.61. The van der Waals surface area contributed by atoms with Crippen LogP contribution in [0.15, 0.2) is 91.3 Å². The molecule has 1 saturated heterocycles. The standard InChI is InChI=1S/C28H27N5OS/c1-3-25(34)30-22-15-14-21(18-19(22)2)33-27(26(31-28(33)35)23-12-7-8-16-29-23)24-13-9-17-32(24)20-10-5-4-6-11-20/h4-18,26-27H,3H2,1-2H3,(H,30,34)(H,31,35)/t26-,27+/m1/s1. The van der Waals surface area contributed by atoms with Gasteiger partial charge in [0.1, 0.15) is 6.04 Å². The molecule has 0 unspecified atom stereocenters. The average molecular weight is 482 g/mol. The Kier molecular flexibility index (Phi) is 6.33. The SMILES string of the molecule is CCC(=O)Nc1ccc(N2C(=S)N[C@H](c3ccccn3)[C@@H]2c2cccn2-c2ccccc2)cc1C. The summed E-state index contributed by atoms with van der Waals surface area (Å²) in [6, 6.07) is 26.2. The molecule has 4 aromatic rings. The quantitative estimate of drug-likeness (QED) is 0.346. The second kappa shape index (κ2) is 9.72. The highest BCUT2D eigenvalue weighted by atomic mass is 32.1. The van der Waals surface area contributed by atoms with Gasteiger partial charge in [-0.1, -0.05) is 31.2 Å². The molecular weight excluding hydrogens is 454 g/mol. The number of aromatic nitrogens is 2. The van der Waals surface area contributed by atoms with Crippen LogP contribution in [-0.2, 0) is 4.79 Å². The normalized spacial score (nSPS) is 17.3. The van der Waals surface area contributed by atoms with Gasteiger partial charge in [0.05, 0.1) is 11.7 Å². The molecule has 176 valence electrons. The Morgan fingerprint density at radius 3 is 2.54 bits per heavy atom. The Labute approximate surface area is 210 Å². The van der Waals surface area contributed by atoms with Crippen LogP contribution in [-0.4, -0.2) is 20.6 Å². The zero-order valence-corrected chi connectivity index (χ0v) is 20.5. The summed E-state index contributed by atoms with van der Waals surface area (Å²) < 4.78 is 2.20. The van der Waals surface area contributed by atoms with Crippen molar-refractivity contribution in [1.29, 1.82) is 0 Å². The summed E-state index contributed by atoms with van der Waals surface area (Å²) >= 11 is 5.88.